The Labute approximate surface area is 68.2 Å². The first kappa shape index (κ1) is 8.33. The lowest BCUT2D eigenvalue weighted by Gasteiger charge is -2.24. The molecule has 0 aromatic heterocycles. The molecule has 0 aromatic carbocycles. The summed E-state index contributed by atoms with van der Waals surface area (Å²) in [7, 11) is 0. The number of rotatable bonds is 1. The SMILES string of the molecule is C#CC(=O)C1(C)CCCC1C. The molecule has 1 aliphatic rings. The van der Waals surface area contributed by atoms with Gasteiger partial charge < -0.3 is 0 Å². The third kappa shape index (κ3) is 1.18. The van der Waals surface area contributed by atoms with Gasteiger partial charge in [-0.3, -0.25) is 4.79 Å². The lowest BCUT2D eigenvalue weighted by atomic mass is 9.77. The second kappa shape index (κ2) is 2.70. The molecule has 2 atom stereocenters. The van der Waals surface area contributed by atoms with E-state index in [0.717, 1.165) is 19.3 Å². The fourth-order valence-corrected chi connectivity index (χ4v) is 1.84. The Hall–Kier alpha value is -0.770. The molecule has 0 saturated heterocycles. The first-order valence-electron chi connectivity index (χ1n) is 4.12. The van der Waals surface area contributed by atoms with Crippen molar-refractivity contribution >= 4 is 5.78 Å². The largest absolute Gasteiger partial charge is 0.284 e. The van der Waals surface area contributed by atoms with Crippen LogP contribution in [0.3, 0.4) is 0 Å². The van der Waals surface area contributed by atoms with E-state index in [1.807, 2.05) is 6.92 Å². The summed E-state index contributed by atoms with van der Waals surface area (Å²) in [4.78, 5) is 11.3. The highest BCUT2D eigenvalue weighted by Gasteiger charge is 2.41. The molecule has 0 aliphatic heterocycles. The van der Waals surface area contributed by atoms with Gasteiger partial charge in [0.1, 0.15) is 0 Å². The minimum absolute atomic E-state index is 0.0116. The van der Waals surface area contributed by atoms with E-state index in [9.17, 15) is 4.79 Å². The van der Waals surface area contributed by atoms with Crippen LogP contribution in [0.1, 0.15) is 33.1 Å². The predicted octanol–water partition coefficient (Wildman–Crippen LogP) is 2.02. The van der Waals surface area contributed by atoms with Crippen LogP contribution in [-0.4, -0.2) is 5.78 Å². The first-order chi connectivity index (χ1) is 5.11. The lowest BCUT2D eigenvalue weighted by Crippen LogP contribution is -2.28. The van der Waals surface area contributed by atoms with Gasteiger partial charge >= 0.3 is 0 Å². The normalized spacial score (nSPS) is 36.6. The van der Waals surface area contributed by atoms with Gasteiger partial charge in [-0.15, -0.1) is 6.42 Å². The van der Waals surface area contributed by atoms with Crippen LogP contribution in [0.4, 0.5) is 0 Å². The highest BCUT2D eigenvalue weighted by Crippen LogP contribution is 2.43. The standard InChI is InChI=1S/C10H14O/c1-4-9(11)10(3)7-5-6-8(10)2/h1,8H,5-7H2,2-3H3. The zero-order chi connectivity index (χ0) is 8.48. The number of terminal acetylenes is 1. The minimum atomic E-state index is -0.214. The molecule has 1 rings (SSSR count). The van der Waals surface area contributed by atoms with Crippen molar-refractivity contribution in [3.05, 3.63) is 0 Å². The third-order valence-corrected chi connectivity index (χ3v) is 3.07. The summed E-state index contributed by atoms with van der Waals surface area (Å²) in [6.45, 7) is 4.11. The van der Waals surface area contributed by atoms with E-state index in [1.54, 1.807) is 0 Å². The maximum absolute atomic E-state index is 11.3. The molecule has 0 spiro atoms. The van der Waals surface area contributed by atoms with Crippen LogP contribution in [-0.2, 0) is 4.79 Å². The molecule has 0 bridgehead atoms. The number of carbonyl (C=O) groups excluding carboxylic acids is 1. The van der Waals surface area contributed by atoms with Gasteiger partial charge in [0, 0.05) is 5.41 Å². The maximum Gasteiger partial charge on any atom is 0.211 e. The van der Waals surface area contributed by atoms with Crippen molar-refractivity contribution in [1.29, 1.82) is 0 Å². The van der Waals surface area contributed by atoms with Crippen molar-refractivity contribution < 1.29 is 4.79 Å². The zero-order valence-corrected chi connectivity index (χ0v) is 7.18. The molecule has 1 aliphatic carbocycles. The van der Waals surface area contributed by atoms with Gasteiger partial charge in [0.15, 0.2) is 0 Å². The molecule has 1 saturated carbocycles. The van der Waals surface area contributed by atoms with Crippen LogP contribution in [0.5, 0.6) is 0 Å². The summed E-state index contributed by atoms with van der Waals surface area (Å²) < 4.78 is 0. The van der Waals surface area contributed by atoms with Crippen LogP contribution in [0, 0.1) is 23.7 Å². The number of hydrogen-bond donors (Lipinski definition) is 0. The molecule has 0 amide bonds. The van der Waals surface area contributed by atoms with Crippen LogP contribution in [0.25, 0.3) is 0 Å². The summed E-state index contributed by atoms with van der Waals surface area (Å²) >= 11 is 0. The van der Waals surface area contributed by atoms with E-state index in [0.29, 0.717) is 5.92 Å². The molecular formula is C10H14O. The Morgan fingerprint density at radius 1 is 1.73 bits per heavy atom. The average Bonchev–Trinajstić information content (AvgIpc) is 2.32. The third-order valence-electron chi connectivity index (χ3n) is 3.07. The average molecular weight is 150 g/mol. The summed E-state index contributed by atoms with van der Waals surface area (Å²) in [5, 5.41) is 0. The Kier molecular flexibility index (Phi) is 2.04. The maximum atomic E-state index is 11.3. The Bertz CT molecular complexity index is 211. The summed E-state index contributed by atoms with van der Waals surface area (Å²) in [5.74, 6) is 2.69. The smallest absolute Gasteiger partial charge is 0.211 e. The van der Waals surface area contributed by atoms with Crippen LogP contribution in [0.2, 0.25) is 0 Å². The van der Waals surface area contributed by atoms with Crippen molar-refractivity contribution in [1.82, 2.24) is 0 Å². The number of ketones is 1. The van der Waals surface area contributed by atoms with Crippen molar-refractivity contribution in [2.24, 2.45) is 11.3 Å². The second-order valence-corrected chi connectivity index (χ2v) is 3.68. The van der Waals surface area contributed by atoms with Crippen molar-refractivity contribution in [3.63, 3.8) is 0 Å². The Balaban J connectivity index is 2.82. The molecule has 1 fully saturated rings. The van der Waals surface area contributed by atoms with Gasteiger partial charge in [0.25, 0.3) is 0 Å². The van der Waals surface area contributed by atoms with Crippen LogP contribution in [0.15, 0.2) is 0 Å². The van der Waals surface area contributed by atoms with Gasteiger partial charge in [0.2, 0.25) is 5.78 Å². The van der Waals surface area contributed by atoms with E-state index >= 15 is 0 Å². The Morgan fingerprint density at radius 3 is 2.73 bits per heavy atom. The van der Waals surface area contributed by atoms with Gasteiger partial charge in [-0.05, 0) is 24.7 Å². The second-order valence-electron chi connectivity index (χ2n) is 3.68. The summed E-state index contributed by atoms with van der Waals surface area (Å²) in [6, 6.07) is 0. The Morgan fingerprint density at radius 2 is 2.36 bits per heavy atom. The molecule has 1 nitrogen and oxygen atoms in total. The van der Waals surface area contributed by atoms with E-state index in [2.05, 4.69) is 12.8 Å². The highest BCUT2D eigenvalue weighted by molar-refractivity contribution is 5.99. The van der Waals surface area contributed by atoms with Gasteiger partial charge in [-0.1, -0.05) is 20.3 Å². The monoisotopic (exact) mass is 150 g/mol. The van der Waals surface area contributed by atoms with Gasteiger partial charge in [-0.25, -0.2) is 0 Å². The number of carbonyl (C=O) groups is 1. The van der Waals surface area contributed by atoms with Crippen molar-refractivity contribution in [2.75, 3.05) is 0 Å². The fraction of sp³-hybridized carbons (Fsp3) is 0.700. The molecule has 11 heavy (non-hydrogen) atoms. The molecule has 0 aromatic rings. The van der Waals surface area contributed by atoms with Gasteiger partial charge in [-0.2, -0.15) is 0 Å². The highest BCUT2D eigenvalue weighted by atomic mass is 16.1. The summed E-state index contributed by atoms with van der Waals surface area (Å²) in [5.41, 5.74) is -0.214. The van der Waals surface area contributed by atoms with Crippen LogP contribution >= 0.6 is 0 Å². The van der Waals surface area contributed by atoms with Crippen molar-refractivity contribution in [3.8, 4) is 12.3 Å². The number of hydrogen-bond acceptors (Lipinski definition) is 1. The van der Waals surface area contributed by atoms with E-state index in [4.69, 9.17) is 6.42 Å². The topological polar surface area (TPSA) is 17.1 Å². The molecular weight excluding hydrogens is 136 g/mol. The first-order valence-corrected chi connectivity index (χ1v) is 4.12. The molecule has 0 heterocycles. The minimum Gasteiger partial charge on any atom is -0.284 e. The molecule has 1 heteroatoms. The quantitative estimate of drug-likeness (QED) is 0.413. The molecule has 0 radical (unpaired) electrons. The van der Waals surface area contributed by atoms with E-state index < -0.39 is 0 Å². The van der Waals surface area contributed by atoms with Crippen molar-refractivity contribution in [2.45, 2.75) is 33.1 Å². The van der Waals surface area contributed by atoms with E-state index in [1.165, 1.54) is 0 Å². The summed E-state index contributed by atoms with van der Waals surface area (Å²) in [6.07, 6.45) is 8.36. The van der Waals surface area contributed by atoms with E-state index in [-0.39, 0.29) is 11.2 Å². The fourth-order valence-electron chi connectivity index (χ4n) is 1.84. The molecule has 2 unspecified atom stereocenters. The zero-order valence-electron chi connectivity index (χ0n) is 7.18. The molecule has 0 N–H and O–H groups in total. The van der Waals surface area contributed by atoms with Gasteiger partial charge in [0.05, 0.1) is 0 Å². The van der Waals surface area contributed by atoms with Crippen LogP contribution < -0.4 is 0 Å². The predicted molar refractivity (Wildman–Crippen MR) is 45.0 cm³/mol. The number of Topliss-reactive ketones (excluding diaryl/α,β-unsaturated/α-hetero) is 1. The lowest BCUT2D eigenvalue weighted by molar-refractivity contribution is -0.123. The molecule has 60 valence electrons.